The molecule has 0 spiro atoms. The van der Waals surface area contributed by atoms with E-state index in [9.17, 15) is 4.79 Å². The zero-order valence-electron chi connectivity index (χ0n) is 10.3. The Morgan fingerprint density at radius 1 is 1.33 bits per heavy atom. The number of hydrogen-bond donors (Lipinski definition) is 2. The van der Waals surface area contributed by atoms with Gasteiger partial charge in [-0.2, -0.15) is 0 Å². The first-order chi connectivity index (χ1) is 8.75. The molecule has 1 aromatic carbocycles. The summed E-state index contributed by atoms with van der Waals surface area (Å²) >= 11 is 0. The average Bonchev–Trinajstić information content (AvgIpc) is 2.40. The number of hydrogen-bond acceptors (Lipinski definition) is 3. The highest BCUT2D eigenvalue weighted by Gasteiger charge is 2.26. The maximum atomic E-state index is 10.9. The molecule has 1 saturated heterocycles. The van der Waals surface area contributed by atoms with Gasteiger partial charge in [-0.05, 0) is 18.4 Å². The van der Waals surface area contributed by atoms with Crippen LogP contribution in [0.2, 0.25) is 0 Å². The van der Waals surface area contributed by atoms with E-state index in [4.69, 9.17) is 9.84 Å². The van der Waals surface area contributed by atoms with Gasteiger partial charge in [0.05, 0.1) is 18.6 Å². The molecule has 1 fully saturated rings. The maximum absolute atomic E-state index is 10.9. The molecule has 1 aliphatic heterocycles. The molecule has 98 valence electrons. The molecule has 0 bridgehead atoms. The molecule has 1 heterocycles. The minimum atomic E-state index is -0.737. The number of piperidine rings is 1. The molecule has 4 heteroatoms. The predicted molar refractivity (Wildman–Crippen MR) is 68.5 cm³/mol. The van der Waals surface area contributed by atoms with Crippen molar-refractivity contribution >= 4 is 5.97 Å². The molecule has 0 aliphatic carbocycles. The summed E-state index contributed by atoms with van der Waals surface area (Å²) in [6.07, 6.45) is 1.50. The Morgan fingerprint density at radius 3 is 2.83 bits per heavy atom. The molecule has 4 nitrogen and oxygen atoms in total. The summed E-state index contributed by atoms with van der Waals surface area (Å²) < 4.78 is 5.74. The van der Waals surface area contributed by atoms with Gasteiger partial charge >= 0.3 is 5.97 Å². The molecule has 2 N–H and O–H groups in total. The number of nitrogens with one attached hydrogen (secondary N) is 1. The summed E-state index contributed by atoms with van der Waals surface area (Å²) in [4.78, 5) is 10.9. The van der Waals surface area contributed by atoms with E-state index in [1.165, 1.54) is 5.56 Å². The zero-order chi connectivity index (χ0) is 12.8. The molecule has 2 unspecified atom stereocenters. The highest BCUT2D eigenvalue weighted by atomic mass is 16.5. The molecular weight excluding hydrogens is 230 g/mol. The van der Waals surface area contributed by atoms with Crippen LogP contribution in [0, 0.1) is 5.92 Å². The van der Waals surface area contributed by atoms with Crippen LogP contribution in [0.4, 0.5) is 0 Å². The summed E-state index contributed by atoms with van der Waals surface area (Å²) in [5.41, 5.74) is 1.25. The highest BCUT2D eigenvalue weighted by Crippen LogP contribution is 2.14. The Hall–Kier alpha value is -1.39. The van der Waals surface area contributed by atoms with Crippen LogP contribution in [0.1, 0.15) is 12.0 Å². The highest BCUT2D eigenvalue weighted by molar-refractivity contribution is 5.70. The van der Waals surface area contributed by atoms with Gasteiger partial charge in [0.15, 0.2) is 0 Å². The lowest BCUT2D eigenvalue weighted by Gasteiger charge is -2.27. The van der Waals surface area contributed by atoms with Crippen LogP contribution in [0.3, 0.4) is 0 Å². The number of ether oxygens (including phenoxy) is 1. The van der Waals surface area contributed by atoms with E-state index < -0.39 is 5.97 Å². The van der Waals surface area contributed by atoms with Gasteiger partial charge in [-0.25, -0.2) is 0 Å². The Labute approximate surface area is 107 Å². The van der Waals surface area contributed by atoms with Gasteiger partial charge in [0.1, 0.15) is 0 Å². The van der Waals surface area contributed by atoms with E-state index in [0.29, 0.717) is 19.6 Å². The van der Waals surface area contributed by atoms with E-state index in [-0.39, 0.29) is 12.0 Å². The fourth-order valence-corrected chi connectivity index (χ4v) is 2.21. The van der Waals surface area contributed by atoms with Gasteiger partial charge in [0.2, 0.25) is 0 Å². The lowest BCUT2D eigenvalue weighted by molar-refractivity contribution is -0.144. The molecule has 0 radical (unpaired) electrons. The van der Waals surface area contributed by atoms with Crippen LogP contribution < -0.4 is 5.32 Å². The molecule has 1 aromatic rings. The number of carboxylic acid groups (broad SMARTS) is 1. The second kappa shape index (κ2) is 6.52. The fraction of sp³-hybridized carbons (Fsp3) is 0.500. The van der Waals surface area contributed by atoms with E-state index in [2.05, 4.69) is 17.4 Å². The van der Waals surface area contributed by atoms with Crippen molar-refractivity contribution in [2.75, 3.05) is 19.7 Å². The van der Waals surface area contributed by atoms with Gasteiger partial charge < -0.3 is 15.2 Å². The van der Waals surface area contributed by atoms with Gasteiger partial charge in [-0.1, -0.05) is 30.3 Å². The van der Waals surface area contributed by atoms with Crippen LogP contribution in [-0.4, -0.2) is 36.9 Å². The third kappa shape index (κ3) is 3.82. The number of aliphatic carboxylic acids is 1. The first kappa shape index (κ1) is 13.1. The van der Waals surface area contributed by atoms with Crippen LogP contribution >= 0.6 is 0 Å². The second-order valence-electron chi connectivity index (χ2n) is 4.66. The van der Waals surface area contributed by atoms with Crippen molar-refractivity contribution in [3.05, 3.63) is 35.9 Å². The summed E-state index contributed by atoms with van der Waals surface area (Å²) in [6.45, 7) is 1.94. The van der Waals surface area contributed by atoms with Crippen molar-refractivity contribution in [1.29, 1.82) is 0 Å². The average molecular weight is 249 g/mol. The Morgan fingerprint density at radius 2 is 2.11 bits per heavy atom. The van der Waals surface area contributed by atoms with Crippen LogP contribution in [0.15, 0.2) is 30.3 Å². The molecule has 0 amide bonds. The van der Waals surface area contributed by atoms with Crippen LogP contribution in [-0.2, 0) is 16.0 Å². The minimum absolute atomic E-state index is 0.0172. The van der Waals surface area contributed by atoms with Crippen LogP contribution in [0.25, 0.3) is 0 Å². The minimum Gasteiger partial charge on any atom is -0.481 e. The smallest absolute Gasteiger partial charge is 0.307 e. The van der Waals surface area contributed by atoms with E-state index >= 15 is 0 Å². The zero-order valence-corrected chi connectivity index (χ0v) is 10.3. The van der Waals surface area contributed by atoms with Crippen molar-refractivity contribution in [2.45, 2.75) is 18.9 Å². The summed E-state index contributed by atoms with van der Waals surface area (Å²) in [7, 11) is 0. The molecule has 2 rings (SSSR count). The fourth-order valence-electron chi connectivity index (χ4n) is 2.21. The van der Waals surface area contributed by atoms with Gasteiger partial charge in [-0.15, -0.1) is 0 Å². The Balaban J connectivity index is 1.72. The van der Waals surface area contributed by atoms with Crippen molar-refractivity contribution in [1.82, 2.24) is 5.32 Å². The van der Waals surface area contributed by atoms with Crippen molar-refractivity contribution in [2.24, 2.45) is 5.92 Å². The van der Waals surface area contributed by atoms with Gasteiger partial charge in [-0.3, -0.25) is 4.79 Å². The predicted octanol–water partition coefficient (Wildman–Crippen LogP) is 1.31. The van der Waals surface area contributed by atoms with Crippen LogP contribution in [0.5, 0.6) is 0 Å². The molecule has 2 atom stereocenters. The maximum Gasteiger partial charge on any atom is 0.307 e. The van der Waals surface area contributed by atoms with E-state index in [1.54, 1.807) is 0 Å². The summed E-state index contributed by atoms with van der Waals surface area (Å²) in [6, 6.07) is 10.2. The SMILES string of the molecule is O=C(O)C1CNCC(OCCc2ccccc2)C1. The largest absolute Gasteiger partial charge is 0.481 e. The quantitative estimate of drug-likeness (QED) is 0.826. The van der Waals surface area contributed by atoms with Crippen molar-refractivity contribution in [3.8, 4) is 0 Å². The number of carboxylic acids is 1. The topological polar surface area (TPSA) is 58.6 Å². The van der Waals surface area contributed by atoms with E-state index in [0.717, 1.165) is 13.0 Å². The standard InChI is InChI=1S/C14H19NO3/c16-14(17)12-8-13(10-15-9-12)18-7-6-11-4-2-1-3-5-11/h1-5,12-13,15H,6-10H2,(H,16,17). The Bertz CT molecular complexity index is 380. The molecule has 18 heavy (non-hydrogen) atoms. The third-order valence-corrected chi connectivity index (χ3v) is 3.25. The number of carbonyl (C=O) groups is 1. The summed E-state index contributed by atoms with van der Waals surface area (Å²) in [5, 5.41) is 12.1. The van der Waals surface area contributed by atoms with Gasteiger partial charge in [0, 0.05) is 13.1 Å². The van der Waals surface area contributed by atoms with Crippen molar-refractivity contribution < 1.29 is 14.6 Å². The first-order valence-electron chi connectivity index (χ1n) is 6.35. The lowest BCUT2D eigenvalue weighted by atomic mass is 9.98. The Kier molecular flexibility index (Phi) is 4.73. The summed E-state index contributed by atoms with van der Waals surface area (Å²) in [5.74, 6) is -1.06. The normalized spacial score (nSPS) is 23.8. The number of benzene rings is 1. The number of rotatable bonds is 5. The van der Waals surface area contributed by atoms with Gasteiger partial charge in [0.25, 0.3) is 0 Å². The van der Waals surface area contributed by atoms with E-state index in [1.807, 2.05) is 18.2 Å². The first-order valence-corrected chi connectivity index (χ1v) is 6.35. The molecule has 0 aromatic heterocycles. The third-order valence-electron chi connectivity index (χ3n) is 3.25. The monoisotopic (exact) mass is 249 g/mol. The second-order valence-corrected chi connectivity index (χ2v) is 4.66. The molecule has 1 aliphatic rings. The molecule has 0 saturated carbocycles. The van der Waals surface area contributed by atoms with Crippen molar-refractivity contribution in [3.63, 3.8) is 0 Å². The molecular formula is C14H19NO3. The lowest BCUT2D eigenvalue weighted by Crippen LogP contribution is -2.43.